The maximum atomic E-state index is 12.6. The number of benzene rings is 1. The molecule has 114 valence electrons. The van der Waals surface area contributed by atoms with Gasteiger partial charge >= 0.3 is 0 Å². The largest absolute Gasteiger partial charge is 0.316 e. The van der Waals surface area contributed by atoms with Crippen molar-refractivity contribution in [2.75, 3.05) is 20.6 Å². The van der Waals surface area contributed by atoms with Crippen molar-refractivity contribution >= 4 is 10.0 Å². The zero-order valence-electron chi connectivity index (χ0n) is 12.9. The van der Waals surface area contributed by atoms with Crippen LogP contribution in [-0.4, -0.2) is 33.4 Å². The molecular formula is C15H26N2O2S. The summed E-state index contributed by atoms with van der Waals surface area (Å²) < 4.78 is 26.7. The third kappa shape index (κ3) is 4.30. The molecule has 0 atom stereocenters. The lowest BCUT2D eigenvalue weighted by molar-refractivity contribution is 0.454. The Labute approximate surface area is 123 Å². The molecule has 0 saturated heterocycles. The predicted octanol–water partition coefficient (Wildman–Crippen LogP) is 2.53. The Hall–Kier alpha value is -0.910. The number of hydrogen-bond donors (Lipinski definition) is 1. The molecular weight excluding hydrogens is 272 g/mol. The smallest absolute Gasteiger partial charge is 0.243 e. The number of hydrogen-bond acceptors (Lipinski definition) is 3. The summed E-state index contributed by atoms with van der Waals surface area (Å²) in [5, 5.41) is 3.04. The van der Waals surface area contributed by atoms with E-state index in [9.17, 15) is 8.42 Å². The molecule has 0 heterocycles. The SMILES string of the molecule is CCCCCN(C)S(=O)(=O)c1cc(CNC)ccc1C. The molecule has 1 N–H and O–H groups in total. The second-order valence-electron chi connectivity index (χ2n) is 5.16. The summed E-state index contributed by atoms with van der Waals surface area (Å²) in [6.07, 6.45) is 3.05. The van der Waals surface area contributed by atoms with Crippen LogP contribution in [0, 0.1) is 6.92 Å². The Bertz CT molecular complexity index is 527. The van der Waals surface area contributed by atoms with Crippen LogP contribution in [0.5, 0.6) is 0 Å². The monoisotopic (exact) mass is 298 g/mol. The molecule has 0 spiro atoms. The summed E-state index contributed by atoms with van der Waals surface area (Å²) in [5.74, 6) is 0. The van der Waals surface area contributed by atoms with Crippen LogP contribution in [0.1, 0.15) is 37.3 Å². The fraction of sp³-hybridized carbons (Fsp3) is 0.600. The molecule has 0 aromatic heterocycles. The van der Waals surface area contributed by atoms with Crippen LogP contribution in [0.15, 0.2) is 23.1 Å². The fourth-order valence-corrected chi connectivity index (χ4v) is 3.59. The summed E-state index contributed by atoms with van der Waals surface area (Å²) in [6.45, 7) is 5.20. The summed E-state index contributed by atoms with van der Waals surface area (Å²) in [7, 11) is 0.129. The molecule has 0 fully saturated rings. The van der Waals surface area contributed by atoms with Gasteiger partial charge in [0.1, 0.15) is 0 Å². The lowest BCUT2D eigenvalue weighted by Crippen LogP contribution is -2.28. The van der Waals surface area contributed by atoms with Crippen molar-refractivity contribution in [3.8, 4) is 0 Å². The van der Waals surface area contributed by atoms with Crippen LogP contribution in [0.25, 0.3) is 0 Å². The normalized spacial score (nSPS) is 12.1. The van der Waals surface area contributed by atoms with Gasteiger partial charge in [-0.25, -0.2) is 12.7 Å². The van der Waals surface area contributed by atoms with Crippen LogP contribution in [-0.2, 0) is 16.6 Å². The number of nitrogens with zero attached hydrogens (tertiary/aromatic N) is 1. The van der Waals surface area contributed by atoms with E-state index < -0.39 is 10.0 Å². The van der Waals surface area contributed by atoms with Gasteiger partial charge in [-0.3, -0.25) is 0 Å². The van der Waals surface area contributed by atoms with Gasteiger partial charge in [-0.05, 0) is 37.6 Å². The highest BCUT2D eigenvalue weighted by atomic mass is 32.2. The number of unbranched alkanes of at least 4 members (excludes halogenated alkanes) is 2. The molecule has 1 aromatic carbocycles. The van der Waals surface area contributed by atoms with Gasteiger partial charge in [0.2, 0.25) is 10.0 Å². The first-order chi connectivity index (χ1) is 9.43. The number of nitrogens with one attached hydrogen (secondary N) is 1. The summed E-state index contributed by atoms with van der Waals surface area (Å²) in [6, 6.07) is 5.61. The zero-order valence-corrected chi connectivity index (χ0v) is 13.8. The lowest BCUT2D eigenvalue weighted by atomic mass is 10.1. The van der Waals surface area contributed by atoms with Crippen molar-refractivity contribution in [1.29, 1.82) is 0 Å². The first-order valence-electron chi connectivity index (χ1n) is 7.14. The van der Waals surface area contributed by atoms with Crippen LogP contribution < -0.4 is 5.32 Å². The van der Waals surface area contributed by atoms with Crippen LogP contribution in [0.3, 0.4) is 0 Å². The molecule has 5 heteroatoms. The van der Waals surface area contributed by atoms with Gasteiger partial charge in [0.25, 0.3) is 0 Å². The highest BCUT2D eigenvalue weighted by Crippen LogP contribution is 2.21. The molecule has 0 saturated carbocycles. The molecule has 4 nitrogen and oxygen atoms in total. The first kappa shape index (κ1) is 17.1. The maximum Gasteiger partial charge on any atom is 0.243 e. The van der Waals surface area contributed by atoms with E-state index in [2.05, 4.69) is 12.2 Å². The van der Waals surface area contributed by atoms with Gasteiger partial charge in [-0.1, -0.05) is 31.9 Å². The average Bonchev–Trinajstić information content (AvgIpc) is 2.41. The Morgan fingerprint density at radius 2 is 1.95 bits per heavy atom. The van der Waals surface area contributed by atoms with E-state index in [-0.39, 0.29) is 0 Å². The van der Waals surface area contributed by atoms with Crippen LogP contribution in [0.2, 0.25) is 0 Å². The van der Waals surface area contributed by atoms with Crippen LogP contribution in [0.4, 0.5) is 0 Å². The number of rotatable bonds is 8. The topological polar surface area (TPSA) is 49.4 Å². The third-order valence-corrected chi connectivity index (χ3v) is 5.40. The van der Waals surface area contributed by atoms with E-state index in [0.717, 1.165) is 30.4 Å². The Morgan fingerprint density at radius 1 is 1.25 bits per heavy atom. The molecule has 0 aliphatic heterocycles. The fourth-order valence-electron chi connectivity index (χ4n) is 2.11. The van der Waals surface area contributed by atoms with Gasteiger partial charge < -0.3 is 5.32 Å². The molecule has 0 radical (unpaired) electrons. The van der Waals surface area contributed by atoms with E-state index in [4.69, 9.17) is 0 Å². The van der Waals surface area contributed by atoms with Gasteiger partial charge in [-0.2, -0.15) is 0 Å². The summed E-state index contributed by atoms with van der Waals surface area (Å²) >= 11 is 0. The van der Waals surface area contributed by atoms with E-state index in [1.807, 2.05) is 26.1 Å². The highest BCUT2D eigenvalue weighted by Gasteiger charge is 2.22. The van der Waals surface area contributed by atoms with Crippen molar-refractivity contribution in [3.63, 3.8) is 0 Å². The standard InChI is InChI=1S/C15H26N2O2S/c1-5-6-7-10-17(4)20(18,19)15-11-14(12-16-3)9-8-13(15)2/h8-9,11,16H,5-7,10,12H2,1-4H3. The molecule has 0 aliphatic rings. The van der Waals surface area contributed by atoms with Crippen molar-refractivity contribution in [3.05, 3.63) is 29.3 Å². The minimum absolute atomic E-state index is 0.421. The molecule has 1 rings (SSSR count). The molecule has 20 heavy (non-hydrogen) atoms. The Kier molecular flexibility index (Phi) is 6.65. The maximum absolute atomic E-state index is 12.6. The number of sulfonamides is 1. The van der Waals surface area contributed by atoms with Gasteiger partial charge in [0, 0.05) is 20.1 Å². The minimum Gasteiger partial charge on any atom is -0.316 e. The van der Waals surface area contributed by atoms with Gasteiger partial charge in [0.15, 0.2) is 0 Å². The van der Waals surface area contributed by atoms with Crippen molar-refractivity contribution < 1.29 is 8.42 Å². The quantitative estimate of drug-likeness (QED) is 0.750. The molecule has 0 amide bonds. The Morgan fingerprint density at radius 3 is 2.55 bits per heavy atom. The summed E-state index contributed by atoms with van der Waals surface area (Å²) in [5.41, 5.74) is 1.78. The van der Waals surface area contributed by atoms with Gasteiger partial charge in [-0.15, -0.1) is 0 Å². The van der Waals surface area contributed by atoms with Crippen LogP contribution >= 0.6 is 0 Å². The molecule has 0 unspecified atom stereocenters. The minimum atomic E-state index is -3.39. The molecule has 1 aromatic rings. The van der Waals surface area contributed by atoms with Crippen molar-refractivity contribution in [2.24, 2.45) is 0 Å². The highest BCUT2D eigenvalue weighted by molar-refractivity contribution is 7.89. The van der Waals surface area contributed by atoms with E-state index >= 15 is 0 Å². The predicted molar refractivity (Wildman–Crippen MR) is 83.3 cm³/mol. The first-order valence-corrected chi connectivity index (χ1v) is 8.58. The van der Waals surface area contributed by atoms with E-state index in [1.54, 1.807) is 13.1 Å². The van der Waals surface area contributed by atoms with E-state index in [0.29, 0.717) is 18.0 Å². The number of aryl methyl sites for hydroxylation is 1. The summed E-state index contributed by atoms with van der Waals surface area (Å²) in [4.78, 5) is 0.421. The second-order valence-corrected chi connectivity index (χ2v) is 7.18. The molecule has 0 bridgehead atoms. The molecule has 0 aliphatic carbocycles. The Balaban J connectivity index is 2.98. The zero-order chi connectivity index (χ0) is 15.2. The second kappa shape index (κ2) is 7.76. The lowest BCUT2D eigenvalue weighted by Gasteiger charge is -2.19. The van der Waals surface area contributed by atoms with Crippen molar-refractivity contribution in [2.45, 2.75) is 44.6 Å². The third-order valence-electron chi connectivity index (χ3n) is 3.40. The van der Waals surface area contributed by atoms with Gasteiger partial charge in [0.05, 0.1) is 4.90 Å². The average molecular weight is 298 g/mol. The van der Waals surface area contributed by atoms with E-state index in [1.165, 1.54) is 4.31 Å². The van der Waals surface area contributed by atoms with Crippen molar-refractivity contribution in [1.82, 2.24) is 9.62 Å².